The third-order valence-electron chi connectivity index (χ3n) is 3.44. The highest BCUT2D eigenvalue weighted by Gasteiger charge is 2.26. The Bertz CT molecular complexity index is 646. The van der Waals surface area contributed by atoms with Gasteiger partial charge in [-0.1, -0.05) is 19.8 Å². The van der Waals surface area contributed by atoms with Gasteiger partial charge in [0.05, 0.1) is 24.7 Å². The van der Waals surface area contributed by atoms with Crippen molar-refractivity contribution < 1.29 is 28.7 Å². The molecule has 0 aliphatic rings. The summed E-state index contributed by atoms with van der Waals surface area (Å²) in [6.45, 7) is 4.00. The Morgan fingerprint density at radius 1 is 1.19 bits per heavy atom. The van der Waals surface area contributed by atoms with E-state index in [0.29, 0.717) is 6.54 Å². The number of unbranched alkanes of at least 4 members (excludes halogenated alkanes) is 2. The van der Waals surface area contributed by atoms with Crippen LogP contribution in [0.5, 0.6) is 11.5 Å². The summed E-state index contributed by atoms with van der Waals surface area (Å²) in [5, 5.41) is 13.9. The van der Waals surface area contributed by atoms with Gasteiger partial charge in [0.1, 0.15) is 5.56 Å². The summed E-state index contributed by atoms with van der Waals surface area (Å²) in [7, 11) is 1.35. The molecule has 0 aliphatic heterocycles. The van der Waals surface area contributed by atoms with E-state index in [9.17, 15) is 19.7 Å². The van der Waals surface area contributed by atoms with Gasteiger partial charge in [-0.2, -0.15) is 0 Å². The maximum Gasteiger partial charge on any atom is 0.345 e. The molecule has 0 saturated carbocycles. The number of benzene rings is 1. The van der Waals surface area contributed by atoms with Gasteiger partial charge in [0, 0.05) is 12.6 Å². The number of rotatable bonds is 11. The molecule has 144 valence electrons. The van der Waals surface area contributed by atoms with Crippen LogP contribution < -0.4 is 14.8 Å². The van der Waals surface area contributed by atoms with Crippen LogP contribution in [-0.2, 0) is 9.53 Å². The lowest BCUT2D eigenvalue weighted by Gasteiger charge is -2.11. The van der Waals surface area contributed by atoms with Crippen molar-refractivity contribution in [2.75, 3.05) is 26.9 Å². The minimum absolute atomic E-state index is 0.145. The Labute approximate surface area is 151 Å². The van der Waals surface area contributed by atoms with E-state index < -0.39 is 29.1 Å². The zero-order chi connectivity index (χ0) is 19.5. The number of methoxy groups -OCH3 is 1. The van der Waals surface area contributed by atoms with Gasteiger partial charge in [0.15, 0.2) is 18.1 Å². The molecule has 26 heavy (non-hydrogen) atoms. The summed E-state index contributed by atoms with van der Waals surface area (Å²) in [5.74, 6) is -1.14. The number of amides is 1. The number of nitrogens with zero attached hydrogens (tertiary/aromatic N) is 1. The summed E-state index contributed by atoms with van der Waals surface area (Å²) in [5.41, 5.74) is -0.795. The Balaban J connectivity index is 2.83. The molecule has 0 radical (unpaired) electrons. The van der Waals surface area contributed by atoms with E-state index in [0.717, 1.165) is 25.3 Å². The van der Waals surface area contributed by atoms with Gasteiger partial charge in [-0.25, -0.2) is 4.79 Å². The highest BCUT2D eigenvalue weighted by Crippen LogP contribution is 2.35. The quantitative estimate of drug-likeness (QED) is 0.276. The predicted octanol–water partition coefficient (Wildman–Crippen LogP) is 2.47. The second-order valence-electron chi connectivity index (χ2n) is 5.34. The van der Waals surface area contributed by atoms with E-state index in [-0.39, 0.29) is 23.7 Å². The summed E-state index contributed by atoms with van der Waals surface area (Å²) in [6.07, 6.45) is 2.84. The molecular weight excluding hydrogens is 344 g/mol. The molecule has 0 aliphatic carbocycles. The van der Waals surface area contributed by atoms with Gasteiger partial charge in [-0.3, -0.25) is 14.9 Å². The van der Waals surface area contributed by atoms with E-state index in [2.05, 4.69) is 5.32 Å². The third kappa shape index (κ3) is 6.23. The van der Waals surface area contributed by atoms with Crippen LogP contribution in [0.2, 0.25) is 0 Å². The number of ether oxygens (including phenoxy) is 3. The summed E-state index contributed by atoms with van der Waals surface area (Å²) in [6, 6.07) is 2.27. The average molecular weight is 368 g/mol. The van der Waals surface area contributed by atoms with Crippen LogP contribution in [0.15, 0.2) is 12.1 Å². The molecule has 0 fully saturated rings. The monoisotopic (exact) mass is 368 g/mol. The Hall–Kier alpha value is -2.84. The Morgan fingerprint density at radius 3 is 2.50 bits per heavy atom. The molecule has 0 bridgehead atoms. The fraction of sp³-hybridized carbons (Fsp3) is 0.529. The van der Waals surface area contributed by atoms with Gasteiger partial charge < -0.3 is 19.5 Å². The minimum Gasteiger partial charge on any atom is -0.493 e. The van der Waals surface area contributed by atoms with Gasteiger partial charge >= 0.3 is 5.97 Å². The number of nitro groups is 1. The topological polar surface area (TPSA) is 117 Å². The molecule has 0 spiro atoms. The van der Waals surface area contributed by atoms with Crippen LogP contribution in [0, 0.1) is 10.1 Å². The maximum absolute atomic E-state index is 12.2. The van der Waals surface area contributed by atoms with Crippen molar-refractivity contribution in [1.82, 2.24) is 5.32 Å². The van der Waals surface area contributed by atoms with Gasteiger partial charge in [-0.05, 0) is 13.3 Å². The molecule has 0 unspecified atom stereocenters. The van der Waals surface area contributed by atoms with Gasteiger partial charge in [-0.15, -0.1) is 0 Å². The SMILES string of the molecule is CCCCCNC(=O)COC(=O)c1cc(OC)c(OCC)cc1[N+](=O)[O-]. The Kier molecular flexibility index (Phi) is 8.90. The second-order valence-corrected chi connectivity index (χ2v) is 5.34. The number of hydrogen-bond acceptors (Lipinski definition) is 7. The first-order valence-corrected chi connectivity index (χ1v) is 8.37. The van der Waals surface area contributed by atoms with Crippen molar-refractivity contribution in [3.8, 4) is 11.5 Å². The first-order chi connectivity index (χ1) is 12.4. The molecule has 1 rings (SSSR count). The molecule has 0 heterocycles. The normalized spacial score (nSPS) is 10.1. The first-order valence-electron chi connectivity index (χ1n) is 8.37. The number of nitro benzene ring substituents is 1. The lowest BCUT2D eigenvalue weighted by atomic mass is 10.1. The van der Waals surface area contributed by atoms with Crippen molar-refractivity contribution in [1.29, 1.82) is 0 Å². The molecule has 0 aromatic heterocycles. The predicted molar refractivity (Wildman–Crippen MR) is 93.6 cm³/mol. The average Bonchev–Trinajstić information content (AvgIpc) is 2.63. The molecule has 0 saturated heterocycles. The number of hydrogen-bond donors (Lipinski definition) is 1. The van der Waals surface area contributed by atoms with Gasteiger partial charge in [0.25, 0.3) is 11.6 Å². The number of nitrogens with one attached hydrogen (secondary N) is 1. The minimum atomic E-state index is -0.984. The standard InChI is InChI=1S/C17H24N2O7/c1-4-6-7-8-18-16(20)11-26-17(21)12-9-14(24-3)15(25-5-2)10-13(12)19(22)23/h9-10H,4-8,11H2,1-3H3,(H,18,20). The fourth-order valence-electron chi connectivity index (χ4n) is 2.15. The maximum atomic E-state index is 12.2. The van der Waals surface area contributed by atoms with E-state index >= 15 is 0 Å². The Morgan fingerprint density at radius 2 is 1.92 bits per heavy atom. The largest absolute Gasteiger partial charge is 0.493 e. The molecule has 1 amide bonds. The van der Waals surface area contributed by atoms with Crippen molar-refractivity contribution in [3.63, 3.8) is 0 Å². The molecule has 1 aromatic carbocycles. The molecule has 1 N–H and O–H groups in total. The van der Waals surface area contributed by atoms with E-state index in [4.69, 9.17) is 14.2 Å². The summed E-state index contributed by atoms with van der Waals surface area (Å²) < 4.78 is 15.2. The van der Waals surface area contributed by atoms with Crippen LogP contribution >= 0.6 is 0 Å². The van der Waals surface area contributed by atoms with Crippen LogP contribution in [0.25, 0.3) is 0 Å². The number of esters is 1. The van der Waals surface area contributed by atoms with Crippen molar-refractivity contribution in [2.24, 2.45) is 0 Å². The second kappa shape index (κ2) is 10.9. The number of carbonyl (C=O) groups excluding carboxylic acids is 2. The summed E-state index contributed by atoms with van der Waals surface area (Å²) in [4.78, 5) is 34.4. The van der Waals surface area contributed by atoms with E-state index in [1.807, 2.05) is 6.92 Å². The third-order valence-corrected chi connectivity index (χ3v) is 3.44. The smallest absolute Gasteiger partial charge is 0.345 e. The molecule has 9 heteroatoms. The first kappa shape index (κ1) is 21.2. The lowest BCUT2D eigenvalue weighted by Crippen LogP contribution is -2.29. The van der Waals surface area contributed by atoms with Crippen LogP contribution in [-0.4, -0.2) is 43.7 Å². The van der Waals surface area contributed by atoms with Crippen LogP contribution in [0.4, 0.5) is 5.69 Å². The fourth-order valence-corrected chi connectivity index (χ4v) is 2.15. The highest BCUT2D eigenvalue weighted by molar-refractivity contribution is 5.96. The summed E-state index contributed by atoms with van der Waals surface area (Å²) >= 11 is 0. The van der Waals surface area contributed by atoms with E-state index in [1.165, 1.54) is 13.2 Å². The van der Waals surface area contributed by atoms with Crippen LogP contribution in [0.1, 0.15) is 43.5 Å². The molecule has 1 aromatic rings. The van der Waals surface area contributed by atoms with Crippen molar-refractivity contribution in [3.05, 3.63) is 27.8 Å². The number of carbonyl (C=O) groups is 2. The lowest BCUT2D eigenvalue weighted by molar-refractivity contribution is -0.385. The zero-order valence-corrected chi connectivity index (χ0v) is 15.2. The zero-order valence-electron chi connectivity index (χ0n) is 15.2. The molecule has 9 nitrogen and oxygen atoms in total. The highest BCUT2D eigenvalue weighted by atomic mass is 16.6. The molecular formula is C17H24N2O7. The van der Waals surface area contributed by atoms with Crippen molar-refractivity contribution >= 4 is 17.6 Å². The van der Waals surface area contributed by atoms with Gasteiger partial charge in [0.2, 0.25) is 0 Å². The van der Waals surface area contributed by atoms with E-state index in [1.54, 1.807) is 6.92 Å². The van der Waals surface area contributed by atoms with Crippen LogP contribution in [0.3, 0.4) is 0 Å². The molecule has 0 atom stereocenters. The van der Waals surface area contributed by atoms with Crippen molar-refractivity contribution in [2.45, 2.75) is 33.1 Å².